The molecule has 0 saturated carbocycles. The maximum Gasteiger partial charge on any atom is 0.277 e. The molecule has 2 aromatic rings. The molecule has 0 bridgehead atoms. The molecule has 0 radical (unpaired) electrons. The maximum absolute atomic E-state index is 12.5. The molecular formula is C18H22N2O4S2. The number of thioether (sulfide) groups is 1. The van der Waals surface area contributed by atoms with Gasteiger partial charge in [-0.1, -0.05) is 17.8 Å². The van der Waals surface area contributed by atoms with E-state index in [2.05, 4.69) is 10.2 Å². The Morgan fingerprint density at radius 3 is 2.62 bits per heavy atom. The second kappa shape index (κ2) is 7.52. The molecule has 140 valence electrons. The molecule has 6 nitrogen and oxygen atoms in total. The van der Waals surface area contributed by atoms with Gasteiger partial charge < -0.3 is 4.42 Å². The molecule has 1 aromatic carbocycles. The van der Waals surface area contributed by atoms with Crippen LogP contribution in [0.3, 0.4) is 0 Å². The van der Waals surface area contributed by atoms with Gasteiger partial charge in [-0.15, -0.1) is 10.2 Å². The van der Waals surface area contributed by atoms with Crippen molar-refractivity contribution in [3.05, 3.63) is 40.3 Å². The first-order chi connectivity index (χ1) is 12.2. The van der Waals surface area contributed by atoms with Crippen molar-refractivity contribution in [1.82, 2.24) is 10.2 Å². The zero-order valence-corrected chi connectivity index (χ0v) is 16.7. The van der Waals surface area contributed by atoms with E-state index >= 15 is 0 Å². The third-order valence-corrected chi connectivity index (χ3v) is 7.36. The van der Waals surface area contributed by atoms with Gasteiger partial charge in [0.15, 0.2) is 15.6 Å². The summed E-state index contributed by atoms with van der Waals surface area (Å²) in [6.07, 6.45) is 1.11. The van der Waals surface area contributed by atoms with E-state index in [9.17, 15) is 13.2 Å². The highest BCUT2D eigenvalue weighted by atomic mass is 32.2. The summed E-state index contributed by atoms with van der Waals surface area (Å²) < 4.78 is 28.6. The molecule has 0 unspecified atom stereocenters. The van der Waals surface area contributed by atoms with Crippen molar-refractivity contribution in [2.24, 2.45) is 5.92 Å². The smallest absolute Gasteiger partial charge is 0.277 e. The predicted octanol–water partition coefficient (Wildman–Crippen LogP) is 2.95. The van der Waals surface area contributed by atoms with Gasteiger partial charge in [0, 0.05) is 12.0 Å². The van der Waals surface area contributed by atoms with Crippen LogP contribution in [0.1, 0.15) is 39.4 Å². The van der Waals surface area contributed by atoms with Crippen LogP contribution in [0.5, 0.6) is 0 Å². The SMILES string of the molecule is Cc1cc(C)c(C(=O)CSc2nnc(C[C@H]3CCS(=O)(=O)C3)o2)cc1C. The largest absolute Gasteiger partial charge is 0.416 e. The fourth-order valence-corrected chi connectivity index (χ4v) is 5.65. The van der Waals surface area contributed by atoms with Crippen molar-refractivity contribution < 1.29 is 17.6 Å². The standard InChI is InChI=1S/C18H22N2O4S2/c1-11-6-13(3)15(7-12(11)2)16(21)9-25-18-20-19-17(24-18)8-14-4-5-26(22,23)10-14/h6-7,14H,4-5,8-10H2,1-3H3/t14-/m1/s1. The number of aromatic nitrogens is 2. The number of benzene rings is 1. The van der Waals surface area contributed by atoms with Gasteiger partial charge in [-0.05, 0) is 55.9 Å². The minimum absolute atomic E-state index is 0.0252. The Kier molecular flexibility index (Phi) is 5.53. The van der Waals surface area contributed by atoms with Crippen LogP contribution in [0.25, 0.3) is 0 Å². The zero-order chi connectivity index (χ0) is 18.9. The summed E-state index contributed by atoms with van der Waals surface area (Å²) in [7, 11) is -2.91. The summed E-state index contributed by atoms with van der Waals surface area (Å²) in [5.41, 5.74) is 3.95. The van der Waals surface area contributed by atoms with Crippen LogP contribution in [-0.2, 0) is 16.3 Å². The molecule has 1 saturated heterocycles. The van der Waals surface area contributed by atoms with Crippen molar-refractivity contribution in [1.29, 1.82) is 0 Å². The number of Topliss-reactive ketones (excluding diaryl/α,β-unsaturated/α-hetero) is 1. The van der Waals surface area contributed by atoms with Crippen LogP contribution in [0, 0.1) is 26.7 Å². The fourth-order valence-electron chi connectivity index (χ4n) is 3.12. The van der Waals surface area contributed by atoms with Crippen LogP contribution in [-0.4, -0.2) is 41.7 Å². The van der Waals surface area contributed by atoms with Crippen molar-refractivity contribution in [3.63, 3.8) is 0 Å². The lowest BCUT2D eigenvalue weighted by molar-refractivity contribution is 0.102. The van der Waals surface area contributed by atoms with Gasteiger partial charge in [-0.2, -0.15) is 0 Å². The highest BCUT2D eigenvalue weighted by molar-refractivity contribution is 7.99. The Bertz CT molecular complexity index is 935. The third kappa shape index (κ3) is 4.54. The normalized spacial score (nSPS) is 19.0. The van der Waals surface area contributed by atoms with E-state index in [1.165, 1.54) is 17.3 Å². The van der Waals surface area contributed by atoms with E-state index in [-0.39, 0.29) is 29.0 Å². The lowest BCUT2D eigenvalue weighted by atomic mass is 9.99. The van der Waals surface area contributed by atoms with Crippen LogP contribution < -0.4 is 0 Å². The molecule has 0 amide bonds. The topological polar surface area (TPSA) is 90.1 Å². The van der Waals surface area contributed by atoms with Crippen LogP contribution >= 0.6 is 11.8 Å². The van der Waals surface area contributed by atoms with Crippen molar-refractivity contribution in [2.75, 3.05) is 17.3 Å². The van der Waals surface area contributed by atoms with Gasteiger partial charge >= 0.3 is 0 Å². The van der Waals surface area contributed by atoms with Crippen molar-refractivity contribution >= 4 is 27.4 Å². The van der Waals surface area contributed by atoms with E-state index in [1.54, 1.807) is 0 Å². The lowest BCUT2D eigenvalue weighted by Gasteiger charge is -2.08. The summed E-state index contributed by atoms with van der Waals surface area (Å²) in [5, 5.41) is 8.28. The molecule has 0 aliphatic carbocycles. The van der Waals surface area contributed by atoms with E-state index in [0.717, 1.165) is 16.7 Å². The van der Waals surface area contributed by atoms with Crippen LogP contribution in [0.15, 0.2) is 21.8 Å². The average molecular weight is 395 g/mol. The van der Waals surface area contributed by atoms with Gasteiger partial charge in [0.05, 0.1) is 17.3 Å². The minimum Gasteiger partial charge on any atom is -0.416 e. The van der Waals surface area contributed by atoms with Gasteiger partial charge in [0.1, 0.15) is 0 Å². The van der Waals surface area contributed by atoms with E-state index < -0.39 is 9.84 Å². The quantitative estimate of drug-likeness (QED) is 0.549. The molecule has 1 aliphatic rings. The van der Waals surface area contributed by atoms with Gasteiger partial charge in [-0.25, -0.2) is 8.42 Å². The molecule has 1 fully saturated rings. The van der Waals surface area contributed by atoms with Gasteiger partial charge in [0.2, 0.25) is 5.89 Å². The number of carbonyl (C=O) groups excluding carboxylic acids is 1. The average Bonchev–Trinajstić information content (AvgIpc) is 3.15. The summed E-state index contributed by atoms with van der Waals surface area (Å²) in [4.78, 5) is 12.5. The molecule has 26 heavy (non-hydrogen) atoms. The number of hydrogen-bond donors (Lipinski definition) is 0. The van der Waals surface area contributed by atoms with Gasteiger partial charge in [0.25, 0.3) is 5.22 Å². The molecule has 1 atom stereocenters. The third-order valence-electron chi connectivity index (χ3n) is 4.71. The summed E-state index contributed by atoms with van der Waals surface area (Å²) in [5.74, 6) is 1.14. The first-order valence-electron chi connectivity index (χ1n) is 8.50. The number of sulfone groups is 1. The van der Waals surface area contributed by atoms with Crippen molar-refractivity contribution in [2.45, 2.75) is 38.8 Å². The monoisotopic (exact) mass is 394 g/mol. The summed E-state index contributed by atoms with van der Waals surface area (Å²) in [6, 6.07) is 3.95. The summed E-state index contributed by atoms with van der Waals surface area (Å²) in [6.45, 7) is 5.96. The molecule has 0 spiro atoms. The second-order valence-corrected chi connectivity index (χ2v) is 10.1. The molecule has 1 aromatic heterocycles. The second-order valence-electron chi connectivity index (χ2n) is 6.90. The highest BCUT2D eigenvalue weighted by Gasteiger charge is 2.29. The number of hydrogen-bond acceptors (Lipinski definition) is 7. The Balaban J connectivity index is 1.58. The minimum atomic E-state index is -2.91. The van der Waals surface area contributed by atoms with Gasteiger partial charge in [-0.3, -0.25) is 4.79 Å². The van der Waals surface area contributed by atoms with Crippen LogP contribution in [0.2, 0.25) is 0 Å². The Morgan fingerprint density at radius 1 is 1.19 bits per heavy atom. The molecule has 3 rings (SSSR count). The Morgan fingerprint density at radius 2 is 1.92 bits per heavy atom. The van der Waals surface area contributed by atoms with E-state index in [0.29, 0.717) is 24.0 Å². The lowest BCUT2D eigenvalue weighted by Crippen LogP contribution is -2.07. The zero-order valence-electron chi connectivity index (χ0n) is 15.1. The molecule has 8 heteroatoms. The molecule has 2 heterocycles. The molecule has 0 N–H and O–H groups in total. The Hall–Kier alpha value is -1.67. The number of ketones is 1. The summed E-state index contributed by atoms with van der Waals surface area (Å²) >= 11 is 1.21. The van der Waals surface area contributed by atoms with E-state index in [1.807, 2.05) is 32.9 Å². The van der Waals surface area contributed by atoms with Crippen LogP contribution in [0.4, 0.5) is 0 Å². The number of carbonyl (C=O) groups is 1. The molecular weight excluding hydrogens is 372 g/mol. The first-order valence-corrected chi connectivity index (χ1v) is 11.3. The first kappa shape index (κ1) is 19.1. The predicted molar refractivity (Wildman–Crippen MR) is 100 cm³/mol. The molecule has 1 aliphatic heterocycles. The number of aryl methyl sites for hydroxylation is 3. The highest BCUT2D eigenvalue weighted by Crippen LogP contribution is 2.25. The Labute approximate surface area is 157 Å². The maximum atomic E-state index is 12.5. The van der Waals surface area contributed by atoms with E-state index in [4.69, 9.17) is 4.42 Å². The number of rotatable bonds is 6. The van der Waals surface area contributed by atoms with Crippen molar-refractivity contribution in [3.8, 4) is 0 Å². The number of nitrogens with zero attached hydrogens (tertiary/aromatic N) is 2. The fraction of sp³-hybridized carbons (Fsp3) is 0.500.